The van der Waals surface area contributed by atoms with Gasteiger partial charge >= 0.3 is 75.0 Å². The topological polar surface area (TPSA) is 372 Å². The molecule has 0 aliphatic carbocycles. The van der Waals surface area contributed by atoms with Crippen molar-refractivity contribution < 1.29 is 70.6 Å². The van der Waals surface area contributed by atoms with Crippen LogP contribution in [0, 0.1) is 10.7 Å². The number of nitrogen functional groups attached to an aromatic ring is 2. The summed E-state index contributed by atoms with van der Waals surface area (Å²) in [4.78, 5) is 41.7. The first kappa shape index (κ1) is 39.8. The van der Waals surface area contributed by atoms with Crippen LogP contribution in [0.5, 0.6) is 0 Å². The molecule has 0 atom stereocenters. The van der Waals surface area contributed by atoms with E-state index in [4.69, 9.17) is 28.2 Å². The Kier molecular flexibility index (Phi) is 24.4. The van der Waals surface area contributed by atoms with Crippen LogP contribution in [0.25, 0.3) is 10.0 Å². The monoisotopic (exact) mass is 651 g/mol. The number of thiocarbonyl (C=S) groups is 2. The molecule has 202 valence electrons. The van der Waals surface area contributed by atoms with Crippen LogP contribution in [0.2, 0.25) is 0 Å². The second-order valence-electron chi connectivity index (χ2n) is 4.82. The Morgan fingerprint density at radius 1 is 0.737 bits per heavy atom. The number of aromatic nitrogens is 4. The average molecular weight is 652 g/mol. The van der Waals surface area contributed by atoms with E-state index in [-0.39, 0.29) is 61.6 Å². The van der Waals surface area contributed by atoms with Crippen LogP contribution in [-0.4, -0.2) is 54.2 Å². The number of carbonyl (C=O) groups is 4. The van der Waals surface area contributed by atoms with Crippen LogP contribution in [-0.2, 0) is 31.8 Å². The van der Waals surface area contributed by atoms with Gasteiger partial charge in [-0.25, -0.2) is 16.9 Å². The maximum absolute atomic E-state index is 10.8. The van der Waals surface area contributed by atoms with Crippen LogP contribution in [0.3, 0.4) is 0 Å². The minimum absolute atomic E-state index is 0. The van der Waals surface area contributed by atoms with Crippen LogP contribution < -0.4 is 119 Å². The van der Waals surface area contributed by atoms with Crippen molar-refractivity contribution in [3.8, 4) is 15.4 Å². The van der Waals surface area contributed by atoms with Crippen molar-refractivity contribution in [2.24, 2.45) is 23.2 Å². The Morgan fingerprint density at radius 3 is 1.21 bits per heavy atom. The van der Waals surface area contributed by atoms with E-state index < -0.39 is 23.6 Å². The number of anilines is 2. The number of nitrogens with zero attached hydrogens (tertiary/aromatic N) is 5. The maximum Gasteiger partial charge on any atom is 1.00 e. The second kappa shape index (κ2) is 23.4. The molecule has 4 amide bonds. The fraction of sp³-hybridized carbons (Fsp3) is 0. The zero-order valence-electron chi connectivity index (χ0n) is 18.9. The Hall–Kier alpha value is -2.75. The molecule has 2 aromatic rings. The third kappa shape index (κ3) is 20.3. The predicted molar refractivity (Wildman–Crippen MR) is 141 cm³/mol. The molecule has 0 saturated heterocycles. The SMILES string of the molecule is N#C[S-].NC(=S)NNC(=O)C(=O)NNC(N)=S.NNC(=O)C(=O)NN.Nc1nnc(-c2nnc(N)s2)s1.[K+]. The summed E-state index contributed by atoms with van der Waals surface area (Å²) < 4.78 is 0. The summed E-state index contributed by atoms with van der Waals surface area (Å²) in [7, 11) is 0. The number of hydrogen-bond acceptors (Lipinski definition) is 18. The summed E-state index contributed by atoms with van der Waals surface area (Å²) >= 11 is 15.0. The Bertz CT molecular complexity index is 1040. The summed E-state index contributed by atoms with van der Waals surface area (Å²) in [5.74, 6) is 5.14. The number of nitriles is 1. The third-order valence-corrected chi connectivity index (χ3v) is 4.19. The predicted octanol–water partition coefficient (Wildman–Crippen LogP) is -9.08. The number of thiocyanates is 1. The molecule has 0 aromatic carbocycles. The molecule has 0 aliphatic rings. The molecule has 0 saturated carbocycles. The van der Waals surface area contributed by atoms with Gasteiger partial charge in [-0.15, -0.1) is 20.4 Å². The van der Waals surface area contributed by atoms with Crippen molar-refractivity contribution in [3.05, 3.63) is 0 Å². The Morgan fingerprint density at radius 2 is 1.03 bits per heavy atom. The van der Waals surface area contributed by atoms with Crippen LogP contribution in [0.15, 0.2) is 0 Å². The van der Waals surface area contributed by atoms with Gasteiger partial charge in [-0.05, 0) is 24.4 Å². The Labute approximate surface area is 279 Å². The molecule has 27 heteroatoms. The van der Waals surface area contributed by atoms with Crippen molar-refractivity contribution in [2.75, 3.05) is 11.5 Å². The molecule has 0 spiro atoms. The van der Waals surface area contributed by atoms with Gasteiger partial charge in [-0.1, -0.05) is 28.1 Å². The number of nitrogens with two attached hydrogens (primary N) is 6. The minimum Gasteiger partial charge on any atom is -0.696 e. The number of rotatable bonds is 1. The van der Waals surface area contributed by atoms with E-state index in [0.717, 1.165) is 0 Å². The molecule has 2 aromatic heterocycles. The molecule has 0 radical (unpaired) electrons. The van der Waals surface area contributed by atoms with Crippen molar-refractivity contribution in [2.45, 2.75) is 0 Å². The summed E-state index contributed by atoms with van der Waals surface area (Å²) in [5.41, 5.74) is 31.9. The van der Waals surface area contributed by atoms with Gasteiger partial charge in [0.1, 0.15) is 0 Å². The molecule has 0 bridgehead atoms. The van der Waals surface area contributed by atoms with E-state index in [9.17, 15) is 19.2 Å². The van der Waals surface area contributed by atoms with Gasteiger partial charge in [0.15, 0.2) is 20.2 Å². The average Bonchev–Trinajstić information content (AvgIpc) is 3.49. The summed E-state index contributed by atoms with van der Waals surface area (Å²) in [6.45, 7) is 0. The molecular weight excluding hydrogens is 634 g/mol. The van der Waals surface area contributed by atoms with Crippen molar-refractivity contribution >= 4 is 104 Å². The van der Waals surface area contributed by atoms with E-state index >= 15 is 0 Å². The van der Waals surface area contributed by atoms with Gasteiger partial charge in [-0.2, -0.15) is 0 Å². The van der Waals surface area contributed by atoms with Gasteiger partial charge in [0.2, 0.25) is 10.3 Å². The van der Waals surface area contributed by atoms with E-state index in [1.807, 2.05) is 10.9 Å². The van der Waals surface area contributed by atoms with E-state index in [1.54, 1.807) is 10.9 Å². The van der Waals surface area contributed by atoms with Gasteiger partial charge in [-0.3, -0.25) is 51.7 Å². The third-order valence-electron chi connectivity index (χ3n) is 2.34. The standard InChI is InChI=1S/C4H8N6O2S2.C4H4N6S2.C2H6N4O2.CHNS.K/c5-3(13)9-7-1(11)2(12)8-10-4(6)14;5-3-9-7-1(11-3)2-8-10-4(6)12-2;3-5-1(7)2(8)6-4;2-1-3;/h(H,7,11)(H,8,12)(H3,5,9,13)(H3,6,10,14);(H2,5,9)(H2,6,10);3-4H2,(H,5,7)(H,6,8);3H;/q;;;;+1/p-1. The summed E-state index contributed by atoms with van der Waals surface area (Å²) in [5, 5.41) is 25.1. The maximum atomic E-state index is 10.8. The molecule has 0 unspecified atom stereocenters. The largest absolute Gasteiger partial charge is 1.00 e. The number of hydrogen-bond donors (Lipinski definition) is 12. The van der Waals surface area contributed by atoms with Gasteiger partial charge in [0.05, 0.1) is 0 Å². The number of hydrazine groups is 4. The van der Waals surface area contributed by atoms with Gasteiger partial charge in [0.25, 0.3) is 0 Å². The van der Waals surface area contributed by atoms with Crippen molar-refractivity contribution in [1.82, 2.24) is 52.9 Å². The van der Waals surface area contributed by atoms with Crippen LogP contribution in [0.4, 0.5) is 10.3 Å². The van der Waals surface area contributed by atoms with Crippen molar-refractivity contribution in [1.29, 1.82) is 5.26 Å². The molecule has 21 nitrogen and oxygen atoms in total. The molecular formula is C11H18KN17O4S5. The van der Waals surface area contributed by atoms with Crippen LogP contribution in [0.1, 0.15) is 0 Å². The Balaban J connectivity index is -0.000000466. The minimum atomic E-state index is -0.999. The smallest absolute Gasteiger partial charge is 0.696 e. The van der Waals surface area contributed by atoms with Crippen molar-refractivity contribution in [3.63, 3.8) is 0 Å². The first-order valence-corrected chi connectivity index (χ1v) is 11.1. The molecule has 2 rings (SSSR count). The van der Waals surface area contributed by atoms with Gasteiger partial charge in [0, 0.05) is 0 Å². The molecule has 0 fully saturated rings. The first-order valence-electron chi connectivity index (χ1n) is 8.25. The second-order valence-corrected chi connectivity index (χ2v) is 7.90. The van der Waals surface area contributed by atoms with Gasteiger partial charge < -0.3 is 35.6 Å². The fourth-order valence-electron chi connectivity index (χ4n) is 1.12. The van der Waals surface area contributed by atoms with E-state index in [0.29, 0.717) is 20.3 Å². The zero-order chi connectivity index (χ0) is 29.0. The quantitative estimate of drug-likeness (QED) is 0.0199. The molecule has 2 heterocycles. The summed E-state index contributed by atoms with van der Waals surface area (Å²) in [6, 6.07) is 0. The molecule has 38 heavy (non-hydrogen) atoms. The van der Waals surface area contributed by atoms with E-state index in [1.165, 1.54) is 28.1 Å². The number of nitrogens with one attached hydrogen (secondary N) is 6. The fourth-order valence-corrected chi connectivity index (χ4v) is 2.45. The number of carbonyl (C=O) groups excluding carboxylic acids is 4. The zero-order valence-corrected chi connectivity index (χ0v) is 26.1. The van der Waals surface area contributed by atoms with E-state index in [2.05, 4.69) is 80.0 Å². The molecule has 0 aliphatic heterocycles. The first-order chi connectivity index (χ1) is 17.3. The number of amides is 4. The molecule has 18 N–H and O–H groups in total. The van der Waals surface area contributed by atoms with Crippen LogP contribution >= 0.6 is 47.1 Å². The summed E-state index contributed by atoms with van der Waals surface area (Å²) in [6.07, 6.45) is 0. The normalized spacial score (nSPS) is 8.13.